The fourth-order valence-corrected chi connectivity index (χ4v) is 3.13. The van der Waals surface area contributed by atoms with Crippen molar-refractivity contribution in [3.05, 3.63) is 63.7 Å². The lowest BCUT2D eigenvalue weighted by Gasteiger charge is -2.20. The molecule has 1 N–H and O–H groups in total. The Morgan fingerprint density at radius 3 is 2.54 bits per heavy atom. The molecule has 0 unspecified atom stereocenters. The Labute approximate surface area is 156 Å². The Morgan fingerprint density at radius 1 is 1.27 bits per heavy atom. The summed E-state index contributed by atoms with van der Waals surface area (Å²) in [5.74, 6) is -0.252. The quantitative estimate of drug-likeness (QED) is 0.455. The number of thioether (sulfide) groups is 1. The van der Waals surface area contributed by atoms with E-state index in [0.29, 0.717) is 17.8 Å². The van der Waals surface area contributed by atoms with Gasteiger partial charge in [-0.05, 0) is 48.9 Å². The summed E-state index contributed by atoms with van der Waals surface area (Å²) in [5.41, 5.74) is 1.82. The monoisotopic (exact) mass is 371 g/mol. The summed E-state index contributed by atoms with van der Waals surface area (Å²) >= 11 is 1.67. The van der Waals surface area contributed by atoms with E-state index in [0.717, 1.165) is 18.4 Å². The number of nitro benzene ring substituents is 1. The van der Waals surface area contributed by atoms with Crippen molar-refractivity contribution in [2.24, 2.45) is 0 Å². The molecule has 1 saturated carbocycles. The van der Waals surface area contributed by atoms with Gasteiger partial charge in [0.15, 0.2) is 0 Å². The summed E-state index contributed by atoms with van der Waals surface area (Å²) in [6, 6.07) is 13.0. The van der Waals surface area contributed by atoms with E-state index in [9.17, 15) is 14.9 Å². The second-order valence-electron chi connectivity index (χ2n) is 6.41. The van der Waals surface area contributed by atoms with Crippen LogP contribution in [0.5, 0.6) is 0 Å². The van der Waals surface area contributed by atoms with E-state index in [1.54, 1.807) is 23.9 Å². The minimum atomic E-state index is -0.434. The fraction of sp³-hybridized carbons (Fsp3) is 0.316. The van der Waals surface area contributed by atoms with Gasteiger partial charge in [-0.3, -0.25) is 14.9 Å². The van der Waals surface area contributed by atoms with Gasteiger partial charge in [-0.1, -0.05) is 12.1 Å². The number of hydrogen-bond acceptors (Lipinski definition) is 5. The predicted molar refractivity (Wildman–Crippen MR) is 104 cm³/mol. The summed E-state index contributed by atoms with van der Waals surface area (Å²) in [5, 5.41) is 14.4. The molecule has 0 spiro atoms. The first-order valence-corrected chi connectivity index (χ1v) is 9.64. The minimum Gasteiger partial charge on any atom is -0.365 e. The van der Waals surface area contributed by atoms with Crippen LogP contribution in [-0.4, -0.2) is 30.2 Å². The smallest absolute Gasteiger partial charge is 0.293 e. The fourth-order valence-electron chi connectivity index (χ4n) is 2.72. The number of nitrogens with zero attached hydrogens (tertiary/aromatic N) is 2. The van der Waals surface area contributed by atoms with Crippen molar-refractivity contribution < 1.29 is 9.72 Å². The van der Waals surface area contributed by atoms with E-state index >= 15 is 0 Å². The summed E-state index contributed by atoms with van der Waals surface area (Å²) in [6.07, 6.45) is 3.97. The second-order valence-corrected chi connectivity index (χ2v) is 7.29. The summed E-state index contributed by atoms with van der Waals surface area (Å²) < 4.78 is 0. The van der Waals surface area contributed by atoms with E-state index in [2.05, 4.69) is 5.32 Å². The van der Waals surface area contributed by atoms with Gasteiger partial charge in [0.1, 0.15) is 5.69 Å². The molecule has 0 aliphatic heterocycles. The third kappa shape index (κ3) is 4.35. The zero-order valence-electron chi connectivity index (χ0n) is 14.8. The molecule has 3 rings (SSSR count). The highest BCUT2D eigenvalue weighted by Crippen LogP contribution is 2.30. The van der Waals surface area contributed by atoms with Crippen LogP contribution in [0.15, 0.2) is 47.4 Å². The van der Waals surface area contributed by atoms with E-state index in [1.807, 2.05) is 42.5 Å². The van der Waals surface area contributed by atoms with Crippen LogP contribution in [0, 0.1) is 10.1 Å². The maximum absolute atomic E-state index is 12.2. The van der Waals surface area contributed by atoms with Crippen molar-refractivity contribution in [3.8, 4) is 0 Å². The highest BCUT2D eigenvalue weighted by Gasteiger charge is 2.26. The second kappa shape index (κ2) is 7.78. The Kier molecular flexibility index (Phi) is 5.46. The molecule has 0 radical (unpaired) electrons. The van der Waals surface area contributed by atoms with Gasteiger partial charge in [-0.2, -0.15) is 0 Å². The Morgan fingerprint density at radius 2 is 1.96 bits per heavy atom. The van der Waals surface area contributed by atoms with E-state index in [1.165, 1.54) is 11.0 Å². The average Bonchev–Trinajstić information content (AvgIpc) is 3.45. The summed E-state index contributed by atoms with van der Waals surface area (Å²) in [4.78, 5) is 26.2. The van der Waals surface area contributed by atoms with Crippen LogP contribution in [0.3, 0.4) is 0 Å². The molecule has 0 heterocycles. The molecule has 0 saturated heterocycles. The van der Waals surface area contributed by atoms with Crippen molar-refractivity contribution in [2.45, 2.75) is 30.3 Å². The minimum absolute atomic E-state index is 0.0586. The molecule has 1 aliphatic carbocycles. The molecule has 0 bridgehead atoms. The maximum Gasteiger partial charge on any atom is 0.293 e. The number of anilines is 1. The largest absolute Gasteiger partial charge is 0.365 e. The summed E-state index contributed by atoms with van der Waals surface area (Å²) in [6.45, 7) is 0.545. The van der Waals surface area contributed by atoms with E-state index < -0.39 is 4.92 Å². The van der Waals surface area contributed by atoms with Crippen molar-refractivity contribution in [1.29, 1.82) is 0 Å². The molecule has 0 atom stereocenters. The topological polar surface area (TPSA) is 75.5 Å². The number of amides is 1. The summed E-state index contributed by atoms with van der Waals surface area (Å²) in [7, 11) is 1.81. The lowest BCUT2D eigenvalue weighted by molar-refractivity contribution is -0.384. The van der Waals surface area contributed by atoms with E-state index in [-0.39, 0.29) is 17.6 Å². The van der Waals surface area contributed by atoms with Gasteiger partial charge >= 0.3 is 0 Å². The van der Waals surface area contributed by atoms with Crippen LogP contribution >= 0.6 is 11.8 Å². The van der Waals surface area contributed by atoms with Crippen molar-refractivity contribution in [3.63, 3.8) is 0 Å². The van der Waals surface area contributed by atoms with Crippen LogP contribution in [0.4, 0.5) is 11.4 Å². The highest BCUT2D eigenvalue weighted by atomic mass is 32.2. The molecule has 2 aromatic rings. The number of nitrogens with one attached hydrogen (secondary N) is 1. The van der Waals surface area contributed by atoms with Gasteiger partial charge in [0.2, 0.25) is 0 Å². The molecule has 1 fully saturated rings. The third-order valence-electron chi connectivity index (χ3n) is 4.34. The molecule has 2 aromatic carbocycles. The van der Waals surface area contributed by atoms with Crippen LogP contribution < -0.4 is 10.2 Å². The van der Waals surface area contributed by atoms with Crippen LogP contribution in [0.1, 0.15) is 28.8 Å². The number of carbonyl (C=O) groups is 1. The number of hydrogen-bond donors (Lipinski definition) is 1. The normalized spacial score (nSPS) is 13.3. The van der Waals surface area contributed by atoms with Crippen LogP contribution in [0.2, 0.25) is 0 Å². The van der Waals surface area contributed by atoms with Gasteiger partial charge in [-0.25, -0.2) is 0 Å². The van der Waals surface area contributed by atoms with Gasteiger partial charge in [-0.15, -0.1) is 11.8 Å². The lowest BCUT2D eigenvalue weighted by atomic mass is 10.1. The molecule has 7 heteroatoms. The standard InChI is InChI=1S/C19H21N3O3S/c1-21(12-13-3-8-16(26-2)9-4-13)17-10-5-14(11-18(17)22(24)25)19(23)20-15-6-7-15/h3-5,8-11,15H,6-7,12H2,1-2H3,(H,20,23). The molecule has 136 valence electrons. The van der Waals surface area contributed by atoms with Crippen molar-refractivity contribution in [1.82, 2.24) is 5.32 Å². The molecular weight excluding hydrogens is 350 g/mol. The molecule has 26 heavy (non-hydrogen) atoms. The first-order chi connectivity index (χ1) is 12.5. The SMILES string of the molecule is CSc1ccc(CN(C)c2ccc(C(=O)NC3CC3)cc2[N+](=O)[O-])cc1. The first-order valence-electron chi connectivity index (χ1n) is 8.41. The van der Waals surface area contributed by atoms with Gasteiger partial charge in [0, 0.05) is 36.2 Å². The zero-order valence-corrected chi connectivity index (χ0v) is 15.6. The van der Waals surface area contributed by atoms with Gasteiger partial charge in [0.05, 0.1) is 4.92 Å². The predicted octanol–water partition coefficient (Wildman–Crippen LogP) is 3.85. The third-order valence-corrected chi connectivity index (χ3v) is 5.08. The molecule has 0 aromatic heterocycles. The average molecular weight is 371 g/mol. The zero-order chi connectivity index (χ0) is 18.7. The van der Waals surface area contributed by atoms with Gasteiger partial charge < -0.3 is 10.2 Å². The van der Waals surface area contributed by atoms with Crippen LogP contribution in [-0.2, 0) is 6.54 Å². The molecule has 1 aliphatic rings. The van der Waals surface area contributed by atoms with Crippen LogP contribution in [0.25, 0.3) is 0 Å². The van der Waals surface area contributed by atoms with Gasteiger partial charge in [0.25, 0.3) is 11.6 Å². The highest BCUT2D eigenvalue weighted by molar-refractivity contribution is 7.98. The van der Waals surface area contributed by atoms with Crippen molar-refractivity contribution >= 4 is 29.0 Å². The van der Waals surface area contributed by atoms with E-state index in [4.69, 9.17) is 0 Å². The number of rotatable bonds is 7. The lowest BCUT2D eigenvalue weighted by Crippen LogP contribution is -2.25. The van der Waals surface area contributed by atoms with Crippen molar-refractivity contribution in [2.75, 3.05) is 18.2 Å². The maximum atomic E-state index is 12.2. The molecule has 1 amide bonds. The number of carbonyl (C=O) groups excluding carboxylic acids is 1. The number of nitro groups is 1. The molecular formula is C19H21N3O3S. The first kappa shape index (κ1) is 18.3. The number of benzene rings is 2. The Bertz CT molecular complexity index is 819. The Balaban J connectivity index is 1.80. The molecule has 6 nitrogen and oxygen atoms in total. The Hall–Kier alpha value is -2.54.